The van der Waals surface area contributed by atoms with E-state index >= 15 is 0 Å². The van der Waals surface area contributed by atoms with Gasteiger partial charge in [0.1, 0.15) is 0 Å². The van der Waals surface area contributed by atoms with Crippen LogP contribution in [0.25, 0.3) is 22.0 Å². The zero-order valence-corrected chi connectivity index (χ0v) is 11.0. The highest BCUT2D eigenvalue weighted by atomic mass is 35.5. The Hall–Kier alpha value is -2.31. The summed E-state index contributed by atoms with van der Waals surface area (Å²) < 4.78 is 1.77. The molecule has 19 heavy (non-hydrogen) atoms. The van der Waals surface area contributed by atoms with Gasteiger partial charge in [0.25, 0.3) is 0 Å². The van der Waals surface area contributed by atoms with E-state index in [-0.39, 0.29) is 0 Å². The first-order chi connectivity index (χ1) is 9.20. The maximum absolute atomic E-state index is 9.18. The topological polar surface area (TPSA) is 41.6 Å². The number of benzene rings is 2. The van der Waals surface area contributed by atoms with E-state index in [0.717, 1.165) is 22.0 Å². The fourth-order valence-corrected chi connectivity index (χ4v) is 2.50. The van der Waals surface area contributed by atoms with Crippen LogP contribution in [0.5, 0.6) is 0 Å². The molecule has 0 saturated carbocycles. The molecule has 0 N–H and O–H groups in total. The minimum absolute atomic E-state index is 0.651. The Morgan fingerprint density at radius 3 is 2.79 bits per heavy atom. The van der Waals surface area contributed by atoms with Crippen LogP contribution in [0, 0.1) is 11.3 Å². The van der Waals surface area contributed by atoms with E-state index < -0.39 is 0 Å². The Bertz CT molecular complexity index is 812. The summed E-state index contributed by atoms with van der Waals surface area (Å²) in [5, 5.41) is 15.9. The number of hydrogen-bond donors (Lipinski definition) is 0. The van der Waals surface area contributed by atoms with Crippen LogP contribution in [-0.4, -0.2) is 9.78 Å². The van der Waals surface area contributed by atoms with E-state index in [9.17, 15) is 5.26 Å². The highest BCUT2D eigenvalue weighted by Gasteiger charge is 2.10. The van der Waals surface area contributed by atoms with Gasteiger partial charge in [0, 0.05) is 24.2 Å². The number of halogens is 1. The van der Waals surface area contributed by atoms with Crippen LogP contribution in [-0.2, 0) is 7.05 Å². The molecular formula is C15H10ClN3. The Balaban J connectivity index is 2.36. The first-order valence-electron chi connectivity index (χ1n) is 5.81. The zero-order chi connectivity index (χ0) is 13.4. The average Bonchev–Trinajstić information content (AvgIpc) is 2.83. The molecule has 0 aliphatic rings. The van der Waals surface area contributed by atoms with Gasteiger partial charge in [-0.2, -0.15) is 10.4 Å². The number of fused-ring (bicyclic) bond motifs is 1. The molecule has 3 rings (SSSR count). The lowest BCUT2D eigenvalue weighted by atomic mass is 10.0. The summed E-state index contributed by atoms with van der Waals surface area (Å²) in [6, 6.07) is 13.6. The SMILES string of the molecule is Cn1nccc1-c1cc2c(C#N)cccc2cc1Cl. The summed E-state index contributed by atoms with van der Waals surface area (Å²) in [5.41, 5.74) is 2.47. The fourth-order valence-electron chi connectivity index (χ4n) is 2.23. The molecule has 92 valence electrons. The smallest absolute Gasteiger partial charge is 0.0998 e. The summed E-state index contributed by atoms with van der Waals surface area (Å²) in [6.07, 6.45) is 1.73. The van der Waals surface area contributed by atoms with Crippen molar-refractivity contribution in [3.8, 4) is 17.3 Å². The third-order valence-corrected chi connectivity index (χ3v) is 3.50. The van der Waals surface area contributed by atoms with Crippen molar-refractivity contribution in [3.05, 3.63) is 53.2 Å². The predicted molar refractivity (Wildman–Crippen MR) is 75.9 cm³/mol. The third kappa shape index (κ3) is 1.87. The van der Waals surface area contributed by atoms with Crippen LogP contribution in [0.15, 0.2) is 42.6 Å². The Labute approximate surface area is 115 Å². The van der Waals surface area contributed by atoms with Gasteiger partial charge < -0.3 is 0 Å². The van der Waals surface area contributed by atoms with Crippen molar-refractivity contribution in [3.63, 3.8) is 0 Å². The molecule has 4 heteroatoms. The van der Waals surface area contributed by atoms with Crippen molar-refractivity contribution in [2.75, 3.05) is 0 Å². The quantitative estimate of drug-likeness (QED) is 0.673. The van der Waals surface area contributed by atoms with E-state index in [1.165, 1.54) is 0 Å². The van der Waals surface area contributed by atoms with Crippen LogP contribution in [0.1, 0.15) is 5.56 Å². The van der Waals surface area contributed by atoms with Gasteiger partial charge in [-0.25, -0.2) is 0 Å². The monoisotopic (exact) mass is 267 g/mol. The number of hydrogen-bond acceptors (Lipinski definition) is 2. The first kappa shape index (κ1) is 11.8. The Morgan fingerprint density at radius 2 is 2.11 bits per heavy atom. The molecule has 1 heterocycles. The Morgan fingerprint density at radius 1 is 1.26 bits per heavy atom. The molecule has 3 aromatic rings. The molecule has 1 aromatic heterocycles. The molecule has 0 bridgehead atoms. The lowest BCUT2D eigenvalue weighted by Crippen LogP contribution is -1.94. The summed E-state index contributed by atoms with van der Waals surface area (Å²) in [4.78, 5) is 0. The third-order valence-electron chi connectivity index (χ3n) is 3.19. The summed E-state index contributed by atoms with van der Waals surface area (Å²) in [6.45, 7) is 0. The van der Waals surface area contributed by atoms with E-state index in [2.05, 4.69) is 11.2 Å². The second kappa shape index (κ2) is 4.42. The maximum Gasteiger partial charge on any atom is 0.0998 e. The van der Waals surface area contributed by atoms with Gasteiger partial charge >= 0.3 is 0 Å². The van der Waals surface area contributed by atoms with Crippen LogP contribution < -0.4 is 0 Å². The van der Waals surface area contributed by atoms with Gasteiger partial charge in [-0.05, 0) is 29.7 Å². The second-order valence-corrected chi connectivity index (χ2v) is 4.72. The van der Waals surface area contributed by atoms with Crippen LogP contribution in [0.3, 0.4) is 0 Å². The molecule has 0 amide bonds. The predicted octanol–water partition coefficient (Wildman–Crippen LogP) is 3.77. The van der Waals surface area contributed by atoms with Gasteiger partial charge in [-0.15, -0.1) is 0 Å². The molecule has 0 atom stereocenters. The van der Waals surface area contributed by atoms with Crippen molar-refractivity contribution in [1.82, 2.24) is 9.78 Å². The molecular weight excluding hydrogens is 258 g/mol. The van der Waals surface area contributed by atoms with E-state index in [1.54, 1.807) is 10.9 Å². The van der Waals surface area contributed by atoms with Crippen LogP contribution in [0.4, 0.5) is 0 Å². The molecule has 2 aromatic carbocycles. The van der Waals surface area contributed by atoms with Crippen molar-refractivity contribution < 1.29 is 0 Å². The van der Waals surface area contributed by atoms with Crippen molar-refractivity contribution in [2.24, 2.45) is 7.05 Å². The number of nitriles is 1. The molecule has 0 spiro atoms. The maximum atomic E-state index is 9.18. The average molecular weight is 268 g/mol. The van der Waals surface area contributed by atoms with Gasteiger partial charge in [-0.1, -0.05) is 23.7 Å². The number of aryl methyl sites for hydroxylation is 1. The number of rotatable bonds is 1. The van der Waals surface area contributed by atoms with Crippen molar-refractivity contribution in [2.45, 2.75) is 0 Å². The first-order valence-corrected chi connectivity index (χ1v) is 6.19. The van der Waals surface area contributed by atoms with Gasteiger partial charge in [0.15, 0.2) is 0 Å². The molecule has 0 saturated heterocycles. The van der Waals surface area contributed by atoms with E-state index in [0.29, 0.717) is 10.6 Å². The second-order valence-electron chi connectivity index (χ2n) is 4.31. The summed E-state index contributed by atoms with van der Waals surface area (Å²) in [5.74, 6) is 0. The molecule has 3 nitrogen and oxygen atoms in total. The summed E-state index contributed by atoms with van der Waals surface area (Å²) in [7, 11) is 1.87. The lowest BCUT2D eigenvalue weighted by Gasteiger charge is -2.08. The van der Waals surface area contributed by atoms with Gasteiger partial charge in [0.05, 0.1) is 22.3 Å². The highest BCUT2D eigenvalue weighted by Crippen LogP contribution is 2.32. The van der Waals surface area contributed by atoms with Gasteiger partial charge in [0.2, 0.25) is 0 Å². The number of aromatic nitrogens is 2. The fraction of sp³-hybridized carbons (Fsp3) is 0.0667. The lowest BCUT2D eigenvalue weighted by molar-refractivity contribution is 0.776. The van der Waals surface area contributed by atoms with E-state index in [1.807, 2.05) is 43.4 Å². The largest absolute Gasteiger partial charge is 0.268 e. The number of nitrogens with zero attached hydrogens (tertiary/aromatic N) is 3. The standard InChI is InChI=1S/C15H10ClN3/c1-19-15(5-6-18-19)13-8-12-10(7-14(13)16)3-2-4-11(12)9-17/h2-8H,1H3. The molecule has 0 fully saturated rings. The highest BCUT2D eigenvalue weighted by molar-refractivity contribution is 6.34. The van der Waals surface area contributed by atoms with Crippen molar-refractivity contribution in [1.29, 1.82) is 5.26 Å². The minimum atomic E-state index is 0.651. The van der Waals surface area contributed by atoms with Crippen LogP contribution in [0.2, 0.25) is 5.02 Å². The van der Waals surface area contributed by atoms with E-state index in [4.69, 9.17) is 11.6 Å². The zero-order valence-electron chi connectivity index (χ0n) is 10.3. The Kier molecular flexibility index (Phi) is 2.73. The molecule has 0 aliphatic carbocycles. The minimum Gasteiger partial charge on any atom is -0.268 e. The summed E-state index contributed by atoms with van der Waals surface area (Å²) >= 11 is 6.34. The molecule has 0 radical (unpaired) electrons. The van der Waals surface area contributed by atoms with Gasteiger partial charge in [-0.3, -0.25) is 4.68 Å². The normalized spacial score (nSPS) is 10.6. The van der Waals surface area contributed by atoms with Crippen molar-refractivity contribution >= 4 is 22.4 Å². The molecule has 0 aliphatic heterocycles. The van der Waals surface area contributed by atoms with Crippen LogP contribution >= 0.6 is 11.6 Å². The molecule has 0 unspecified atom stereocenters.